The fourth-order valence-corrected chi connectivity index (χ4v) is 10.3. The van der Waals surface area contributed by atoms with E-state index in [0.29, 0.717) is 48.7 Å². The van der Waals surface area contributed by atoms with Crippen LogP contribution in [0.2, 0.25) is 0 Å². The molecule has 5 rings (SSSR count). The zero-order valence-electron chi connectivity index (χ0n) is 47.3. The standard InChI is InChI=1S/C64H88O12/c1-9-13-17-21-25-45-29-49-37-51-31-46(26-22-18-14-10-2)33-53(62(51)74-42-58(66)70-6)39-55-35-48(28-24-20-16-12-4)36-56(64(55)76-44-60(68)72-8)40-54-34-47(27-23-19-15-11-3)32-52(63(54)75-43-59(67)71-7)38-50(30-45)61(49)73-41-57(65)69-5/h29-36H,9-28,37-44H2,1-8H3. The van der Waals surface area contributed by atoms with Crippen molar-refractivity contribution in [2.24, 2.45) is 0 Å². The first kappa shape index (κ1) is 60.8. The molecule has 0 unspecified atom stereocenters. The number of ether oxygens (including phenoxy) is 8. The number of carbonyl (C=O) groups excluding carboxylic acids is 4. The summed E-state index contributed by atoms with van der Waals surface area (Å²) < 4.78 is 47.3. The van der Waals surface area contributed by atoms with Gasteiger partial charge in [0, 0.05) is 25.7 Å². The number of esters is 4. The van der Waals surface area contributed by atoms with Gasteiger partial charge in [-0.3, -0.25) is 0 Å². The van der Waals surface area contributed by atoms with Gasteiger partial charge in [0.2, 0.25) is 0 Å². The number of hydrogen-bond acceptors (Lipinski definition) is 12. The first-order valence-electron chi connectivity index (χ1n) is 28.3. The third kappa shape index (κ3) is 19.2. The monoisotopic (exact) mass is 1050 g/mol. The minimum absolute atomic E-state index is 0.320. The molecule has 4 aromatic rings. The molecule has 12 heteroatoms. The van der Waals surface area contributed by atoms with Crippen LogP contribution in [0.5, 0.6) is 23.0 Å². The average Bonchev–Trinajstić information content (AvgIpc) is 3.41. The highest BCUT2D eigenvalue weighted by atomic mass is 16.6. The van der Waals surface area contributed by atoms with E-state index in [1.54, 1.807) is 0 Å². The van der Waals surface area contributed by atoms with Crippen molar-refractivity contribution in [1.29, 1.82) is 0 Å². The van der Waals surface area contributed by atoms with Gasteiger partial charge in [-0.15, -0.1) is 0 Å². The number of hydrogen-bond donors (Lipinski definition) is 0. The Kier molecular flexibility index (Phi) is 26.6. The van der Waals surface area contributed by atoms with E-state index in [2.05, 4.69) is 76.2 Å². The molecule has 0 saturated carbocycles. The lowest BCUT2D eigenvalue weighted by Crippen LogP contribution is -2.18. The van der Waals surface area contributed by atoms with Crippen LogP contribution < -0.4 is 18.9 Å². The summed E-state index contributed by atoms with van der Waals surface area (Å²) in [5.41, 5.74) is 11.3. The van der Waals surface area contributed by atoms with Crippen LogP contribution in [0.15, 0.2) is 48.5 Å². The second-order valence-electron chi connectivity index (χ2n) is 20.4. The van der Waals surface area contributed by atoms with Crippen LogP contribution in [0, 0.1) is 0 Å². The Morgan fingerprint density at radius 1 is 0.303 bits per heavy atom. The minimum Gasteiger partial charge on any atom is -0.481 e. The predicted octanol–water partition coefficient (Wildman–Crippen LogP) is 13.1. The molecule has 4 aromatic carbocycles. The number of carbonyl (C=O) groups is 4. The molecule has 0 radical (unpaired) electrons. The Balaban J connectivity index is 1.96. The van der Waals surface area contributed by atoms with Gasteiger partial charge in [0.1, 0.15) is 23.0 Å². The molecule has 0 N–H and O–H groups in total. The lowest BCUT2D eigenvalue weighted by atomic mass is 9.87. The van der Waals surface area contributed by atoms with Crippen LogP contribution in [0.25, 0.3) is 0 Å². The summed E-state index contributed by atoms with van der Waals surface area (Å²) in [4.78, 5) is 52.2. The van der Waals surface area contributed by atoms with Gasteiger partial charge in [-0.25, -0.2) is 19.2 Å². The van der Waals surface area contributed by atoms with Gasteiger partial charge < -0.3 is 37.9 Å². The summed E-state index contributed by atoms with van der Waals surface area (Å²) in [6.45, 7) is 7.56. The Bertz CT molecular complexity index is 2060. The van der Waals surface area contributed by atoms with Crippen molar-refractivity contribution in [2.45, 2.75) is 182 Å². The van der Waals surface area contributed by atoms with Crippen LogP contribution in [-0.4, -0.2) is 78.7 Å². The maximum absolute atomic E-state index is 13.1. The molecule has 12 nitrogen and oxygen atoms in total. The van der Waals surface area contributed by atoms with Gasteiger partial charge in [0.15, 0.2) is 26.4 Å². The molecule has 0 atom stereocenters. The van der Waals surface area contributed by atoms with Crippen molar-refractivity contribution in [3.63, 3.8) is 0 Å². The second-order valence-corrected chi connectivity index (χ2v) is 20.4. The number of benzene rings is 4. The maximum Gasteiger partial charge on any atom is 0.343 e. The highest BCUT2D eigenvalue weighted by Crippen LogP contribution is 2.42. The third-order valence-corrected chi connectivity index (χ3v) is 14.3. The van der Waals surface area contributed by atoms with Crippen LogP contribution in [0.3, 0.4) is 0 Å². The average molecular weight is 1050 g/mol. The summed E-state index contributed by atoms with van der Waals surface area (Å²) in [5, 5.41) is 0. The summed E-state index contributed by atoms with van der Waals surface area (Å²) in [5.74, 6) is 0.128. The number of rotatable bonds is 32. The van der Waals surface area contributed by atoms with Crippen molar-refractivity contribution in [3.05, 3.63) is 115 Å². The van der Waals surface area contributed by atoms with Crippen molar-refractivity contribution in [2.75, 3.05) is 54.9 Å². The molecule has 0 heterocycles. The normalized spacial score (nSPS) is 11.9. The summed E-state index contributed by atoms with van der Waals surface area (Å²) in [6.07, 6.45) is 21.9. The third-order valence-electron chi connectivity index (χ3n) is 14.3. The van der Waals surface area contributed by atoms with E-state index in [0.717, 1.165) is 195 Å². The predicted molar refractivity (Wildman–Crippen MR) is 298 cm³/mol. The molecule has 0 spiro atoms. The first-order chi connectivity index (χ1) is 37.0. The Morgan fingerprint density at radius 2 is 0.487 bits per heavy atom. The van der Waals surface area contributed by atoms with Crippen molar-refractivity contribution in [3.8, 4) is 23.0 Å². The van der Waals surface area contributed by atoms with E-state index in [1.165, 1.54) is 28.4 Å². The fourth-order valence-electron chi connectivity index (χ4n) is 10.3. The molecule has 0 amide bonds. The van der Waals surface area contributed by atoms with Crippen molar-refractivity contribution >= 4 is 23.9 Å². The van der Waals surface area contributed by atoms with E-state index in [-0.39, 0.29) is 26.4 Å². The second kappa shape index (κ2) is 33.2. The van der Waals surface area contributed by atoms with Crippen LogP contribution in [-0.2, 0) is 89.5 Å². The van der Waals surface area contributed by atoms with Crippen molar-refractivity contribution in [1.82, 2.24) is 0 Å². The fraction of sp³-hybridized carbons (Fsp3) is 0.562. The van der Waals surface area contributed by atoms with Gasteiger partial charge in [-0.1, -0.05) is 153 Å². The summed E-state index contributed by atoms with van der Waals surface area (Å²) >= 11 is 0. The highest BCUT2D eigenvalue weighted by Gasteiger charge is 2.26. The molecule has 1 aliphatic rings. The minimum atomic E-state index is -0.518. The molecule has 76 heavy (non-hydrogen) atoms. The topological polar surface area (TPSA) is 142 Å². The molecule has 0 aliphatic heterocycles. The van der Waals surface area contributed by atoms with Crippen LogP contribution in [0.1, 0.15) is 197 Å². The number of methoxy groups -OCH3 is 4. The molecule has 0 fully saturated rings. The van der Waals surface area contributed by atoms with Gasteiger partial charge in [-0.2, -0.15) is 0 Å². The Labute approximate surface area is 454 Å². The number of fused-ring (bicyclic) bond motifs is 8. The molecule has 1 aliphatic carbocycles. The van der Waals surface area contributed by atoms with E-state index in [1.807, 2.05) is 0 Å². The number of unbranched alkanes of at least 4 members (excludes halogenated alkanes) is 12. The lowest BCUT2D eigenvalue weighted by Gasteiger charge is -2.25. The van der Waals surface area contributed by atoms with E-state index in [9.17, 15) is 19.2 Å². The van der Waals surface area contributed by atoms with Crippen LogP contribution >= 0.6 is 0 Å². The quantitative estimate of drug-likeness (QED) is 0.0230. The molecular weight excluding hydrogens is 961 g/mol. The lowest BCUT2D eigenvalue weighted by molar-refractivity contribution is -0.143. The van der Waals surface area contributed by atoms with Gasteiger partial charge in [0.25, 0.3) is 0 Å². The zero-order valence-corrected chi connectivity index (χ0v) is 47.3. The molecular formula is C64H88O12. The van der Waals surface area contributed by atoms with Gasteiger partial charge in [-0.05, 0) is 118 Å². The molecule has 0 saturated heterocycles. The SMILES string of the molecule is CCCCCCc1cc2c(OCC(=O)OC)c(c1)Cc1cc(CCCCCC)cc(c1OCC(=O)OC)Cc1cc(CCCCCC)cc(c1OCC(=O)OC)Cc1cc(CCCCCC)cc(c1OCC(=O)OC)C2. The zero-order chi connectivity index (χ0) is 54.7. The largest absolute Gasteiger partial charge is 0.481 e. The first-order valence-corrected chi connectivity index (χ1v) is 28.3. The van der Waals surface area contributed by atoms with E-state index >= 15 is 0 Å². The van der Waals surface area contributed by atoms with E-state index < -0.39 is 23.9 Å². The van der Waals surface area contributed by atoms with Gasteiger partial charge in [0.05, 0.1) is 28.4 Å². The molecule has 8 bridgehead atoms. The molecule has 416 valence electrons. The maximum atomic E-state index is 13.1. The number of aryl methyl sites for hydroxylation is 4. The molecule has 0 aromatic heterocycles. The van der Waals surface area contributed by atoms with Crippen LogP contribution in [0.4, 0.5) is 0 Å². The Hall–Kier alpha value is -6.04. The van der Waals surface area contributed by atoms with Crippen molar-refractivity contribution < 1.29 is 57.1 Å². The summed E-state index contributed by atoms with van der Waals surface area (Å²) in [7, 11) is 5.41. The highest BCUT2D eigenvalue weighted by molar-refractivity contribution is 5.73. The van der Waals surface area contributed by atoms with E-state index in [4.69, 9.17) is 37.9 Å². The van der Waals surface area contributed by atoms with Gasteiger partial charge >= 0.3 is 23.9 Å². The Morgan fingerprint density at radius 3 is 0.645 bits per heavy atom. The smallest absolute Gasteiger partial charge is 0.343 e. The summed E-state index contributed by atoms with van der Waals surface area (Å²) in [6, 6.07) is 17.6.